The van der Waals surface area contributed by atoms with E-state index in [2.05, 4.69) is 0 Å². The summed E-state index contributed by atoms with van der Waals surface area (Å²) >= 11 is 0. The van der Waals surface area contributed by atoms with Gasteiger partial charge in [0, 0.05) is 22.4 Å². The predicted molar refractivity (Wildman–Crippen MR) is 16.0 cm³/mol. The summed E-state index contributed by atoms with van der Waals surface area (Å²) in [7, 11) is 0. The topological polar surface area (TPSA) is 63.4 Å². The van der Waals surface area contributed by atoms with Crippen LogP contribution < -0.4 is 0 Å². The fourth-order valence-corrected chi connectivity index (χ4v) is 0. The van der Waals surface area contributed by atoms with Gasteiger partial charge in [0.15, 0.2) is 0 Å². The minimum Gasteiger partial charge on any atom is -0.328 e. The van der Waals surface area contributed by atoms with Crippen LogP contribution in [-0.2, 0) is 22.4 Å². The van der Waals surface area contributed by atoms with Crippen LogP contribution in [0.1, 0.15) is 0 Å². The Morgan fingerprint density at radius 2 is 1.67 bits per heavy atom. The Morgan fingerprint density at radius 1 is 1.67 bits per heavy atom. The fourth-order valence-electron chi connectivity index (χ4n) is 0. The number of nitrogens with zero attached hydrogens (tertiary/aromatic N) is 1. The van der Waals surface area contributed by atoms with Crippen LogP contribution in [0.5, 0.6) is 0 Å². The van der Waals surface area contributed by atoms with Crippen molar-refractivity contribution in [2.75, 3.05) is 0 Å². The van der Waals surface area contributed by atoms with E-state index in [4.69, 9.17) is 15.3 Å². The molecule has 0 atom stereocenters. The van der Waals surface area contributed by atoms with E-state index in [1.54, 1.807) is 0 Å². The number of hydrogen-bond acceptors (Lipinski definition) is 2. The van der Waals surface area contributed by atoms with Crippen molar-refractivity contribution >= 4 is 12.4 Å². The van der Waals surface area contributed by atoms with E-state index in [1.807, 2.05) is 0 Å². The van der Waals surface area contributed by atoms with E-state index >= 15 is 0 Å². The molecule has 0 aromatic heterocycles. The second-order valence-electron chi connectivity index (χ2n) is 0.238. The Morgan fingerprint density at radius 3 is 1.67 bits per heavy atom. The summed E-state index contributed by atoms with van der Waals surface area (Å²) in [5.74, 6) is 0. The zero-order valence-corrected chi connectivity index (χ0v) is 5.40. The molecule has 0 heterocycles. The molecular formula is H2AuClNO3. The largest absolute Gasteiger partial charge is 0.328 e. The van der Waals surface area contributed by atoms with Gasteiger partial charge >= 0.3 is 0 Å². The molecule has 0 fully saturated rings. The van der Waals surface area contributed by atoms with Crippen molar-refractivity contribution in [3.8, 4) is 0 Å². The van der Waals surface area contributed by atoms with Crippen LogP contribution in [0.4, 0.5) is 0 Å². The second kappa shape index (κ2) is 8.97. The van der Waals surface area contributed by atoms with Crippen molar-refractivity contribution in [1.29, 1.82) is 0 Å². The van der Waals surface area contributed by atoms with E-state index in [9.17, 15) is 0 Å². The standard InChI is InChI=1S/Au.ClH.HNO3/c;;2-1(3)4/h;1H;(H,2,3,4). The van der Waals surface area contributed by atoms with Crippen LogP contribution >= 0.6 is 12.4 Å². The first-order valence-corrected chi connectivity index (χ1v) is 0.565. The zero-order chi connectivity index (χ0) is 3.58. The van der Waals surface area contributed by atoms with Gasteiger partial charge in [-0.15, -0.1) is 22.5 Å². The monoisotopic (exact) mass is 296 g/mol. The molecule has 0 unspecified atom stereocenters. The van der Waals surface area contributed by atoms with E-state index < -0.39 is 5.09 Å². The molecule has 6 heavy (non-hydrogen) atoms. The van der Waals surface area contributed by atoms with Crippen LogP contribution in [0.15, 0.2) is 0 Å². The van der Waals surface area contributed by atoms with Crippen molar-refractivity contribution < 1.29 is 32.7 Å². The Hall–Kier alpha value is 0.230. The van der Waals surface area contributed by atoms with E-state index in [1.165, 1.54) is 0 Å². The maximum absolute atomic E-state index is 8.36. The summed E-state index contributed by atoms with van der Waals surface area (Å²) in [5.41, 5.74) is 0. The van der Waals surface area contributed by atoms with Crippen LogP contribution in [0.3, 0.4) is 0 Å². The van der Waals surface area contributed by atoms with Gasteiger partial charge in [-0.1, -0.05) is 0 Å². The summed E-state index contributed by atoms with van der Waals surface area (Å²) in [4.78, 5) is 8.36. The third-order valence-corrected chi connectivity index (χ3v) is 0. The molecular weight excluding hydrogens is 294 g/mol. The summed E-state index contributed by atoms with van der Waals surface area (Å²) in [6, 6.07) is 0. The fraction of sp³-hybridized carbons (Fsp3) is 0. The average Bonchev–Trinajstić information content (AvgIpc) is 0.811. The van der Waals surface area contributed by atoms with Crippen molar-refractivity contribution in [3.05, 3.63) is 10.1 Å². The normalized spacial score (nSPS) is 4.00. The summed E-state index contributed by atoms with van der Waals surface area (Å²) in [6.45, 7) is 0. The van der Waals surface area contributed by atoms with Gasteiger partial charge in [0.2, 0.25) is 0 Å². The molecule has 0 aromatic rings. The minimum absolute atomic E-state index is 0. The molecule has 4 nitrogen and oxygen atoms in total. The average molecular weight is 296 g/mol. The summed E-state index contributed by atoms with van der Waals surface area (Å²) in [6.07, 6.45) is 0. The predicted octanol–water partition coefficient (Wildman–Crippen LogP) is 0.0716. The second-order valence-corrected chi connectivity index (χ2v) is 0.238. The van der Waals surface area contributed by atoms with Crippen molar-refractivity contribution in [2.45, 2.75) is 0 Å². The third-order valence-electron chi connectivity index (χ3n) is 0. The molecule has 1 radical (unpaired) electrons. The number of hydrogen-bond donors (Lipinski definition) is 1. The van der Waals surface area contributed by atoms with Crippen molar-refractivity contribution in [2.24, 2.45) is 0 Å². The Kier molecular flexibility index (Phi) is 24.4. The van der Waals surface area contributed by atoms with Crippen LogP contribution in [0.25, 0.3) is 0 Å². The van der Waals surface area contributed by atoms with Gasteiger partial charge in [-0.05, 0) is 0 Å². The Balaban J connectivity index is -0.0000000450. The SMILES string of the molecule is Cl.O=[N+]([O-])O.[Au]. The number of rotatable bonds is 0. The van der Waals surface area contributed by atoms with Gasteiger partial charge < -0.3 is 5.21 Å². The van der Waals surface area contributed by atoms with E-state index in [-0.39, 0.29) is 34.8 Å². The van der Waals surface area contributed by atoms with E-state index in [0.29, 0.717) is 0 Å². The first-order chi connectivity index (χ1) is 1.73. The molecule has 0 aliphatic carbocycles. The van der Waals surface area contributed by atoms with Crippen LogP contribution in [-0.4, -0.2) is 10.3 Å². The Bertz CT molecular complexity index is 33.8. The minimum atomic E-state index is -1.50. The van der Waals surface area contributed by atoms with Crippen LogP contribution in [0.2, 0.25) is 0 Å². The molecule has 0 aliphatic rings. The van der Waals surface area contributed by atoms with Crippen molar-refractivity contribution in [3.63, 3.8) is 0 Å². The molecule has 0 amide bonds. The molecule has 0 saturated heterocycles. The van der Waals surface area contributed by atoms with Gasteiger partial charge in [-0.25, -0.2) is 0 Å². The molecule has 0 spiro atoms. The first-order valence-electron chi connectivity index (χ1n) is 0.565. The Labute approximate surface area is 55.6 Å². The quantitative estimate of drug-likeness (QED) is 0.391. The van der Waals surface area contributed by atoms with Crippen molar-refractivity contribution in [1.82, 2.24) is 0 Å². The van der Waals surface area contributed by atoms with Gasteiger partial charge in [0.05, 0.1) is 0 Å². The van der Waals surface area contributed by atoms with Gasteiger partial charge in [0.25, 0.3) is 5.09 Å². The van der Waals surface area contributed by atoms with Gasteiger partial charge in [-0.2, -0.15) is 0 Å². The number of halogens is 1. The molecule has 0 aromatic carbocycles. The molecule has 6 heteroatoms. The molecule has 43 valence electrons. The molecule has 0 rings (SSSR count). The molecule has 0 saturated carbocycles. The maximum Gasteiger partial charge on any atom is 0.291 e. The van der Waals surface area contributed by atoms with E-state index in [0.717, 1.165) is 0 Å². The first kappa shape index (κ1) is 16.3. The van der Waals surface area contributed by atoms with Crippen LogP contribution in [0, 0.1) is 10.1 Å². The molecule has 0 bridgehead atoms. The molecule has 1 N–H and O–H groups in total. The smallest absolute Gasteiger partial charge is 0.291 e. The molecule has 0 aliphatic heterocycles. The van der Waals surface area contributed by atoms with Gasteiger partial charge in [-0.3, -0.25) is 0 Å². The summed E-state index contributed by atoms with van der Waals surface area (Å²) in [5, 5.41) is 13.6. The zero-order valence-electron chi connectivity index (χ0n) is 2.42. The van der Waals surface area contributed by atoms with Gasteiger partial charge in [0.1, 0.15) is 0 Å². The third kappa shape index (κ3) is 833. The maximum atomic E-state index is 8.36. The summed E-state index contributed by atoms with van der Waals surface area (Å²) < 4.78 is 0.